The molecule has 0 aromatic heterocycles. The van der Waals surface area contributed by atoms with Crippen molar-refractivity contribution < 1.29 is 38.2 Å². The van der Waals surface area contributed by atoms with Gasteiger partial charge in [-0.25, -0.2) is 0 Å². The lowest BCUT2D eigenvalue weighted by molar-refractivity contribution is -0.127. The molecule has 0 aliphatic heterocycles. The number of carbonyl (C=O) groups is 6. The molecule has 0 aliphatic carbocycles. The summed E-state index contributed by atoms with van der Waals surface area (Å²) in [6, 6.07) is 20.1. The van der Waals surface area contributed by atoms with E-state index in [-0.39, 0.29) is 49.8 Å². The van der Waals surface area contributed by atoms with Gasteiger partial charge < -0.3 is 30.7 Å². The fourth-order valence-electron chi connectivity index (χ4n) is 6.61. The number of azo groups is 2. The summed E-state index contributed by atoms with van der Waals surface area (Å²) in [7, 11) is 0. The number of benzene rings is 5. The third-order valence-corrected chi connectivity index (χ3v) is 11.6. The Kier molecular flexibility index (Phi) is 19.8. The Hall–Kier alpha value is -6.43. The number of Topliss-reactive ketones (excluding diaryl/α,β-unsaturated/α-hetero) is 2. The highest BCUT2D eigenvalue weighted by atomic mass is 35.5. The van der Waals surface area contributed by atoms with Crippen LogP contribution in [0.25, 0.3) is 0 Å². The van der Waals surface area contributed by atoms with Crippen molar-refractivity contribution in [2.45, 2.75) is 70.3 Å². The van der Waals surface area contributed by atoms with Gasteiger partial charge in [-0.2, -0.15) is 20.5 Å². The van der Waals surface area contributed by atoms with Crippen molar-refractivity contribution in [1.29, 1.82) is 0 Å². The Morgan fingerprint density at radius 3 is 1.41 bits per heavy atom. The molecule has 0 fully saturated rings. The second-order valence-corrected chi connectivity index (χ2v) is 17.6. The van der Waals surface area contributed by atoms with Crippen molar-refractivity contribution in [2.24, 2.45) is 20.5 Å². The standard InChI is InChI=1S/C49H47Cl5N8O8/c1-7-69-31-16-18-33(25(3)51)40(22-31)57-46(65)35-11-9-13-38(42(35)53)59-61-44(27(5)63)48(67)55-30-15-20-37(29(21-30)24-50)56-49(68)45(28(6)64)62-60-39-14-10-12-36(43(39)54)47(66)58-41-23-32(70-8-2)17-19-34(41)26(4)52/h9-23,25-26,44-45H,7-8,24H2,1-6H3,(H,55,67)(H,56,68)(H,57,65)(H,58,66). The molecular formula is C49H47Cl5N8O8. The van der Waals surface area contributed by atoms with Crippen LogP contribution in [0.15, 0.2) is 111 Å². The Morgan fingerprint density at radius 1 is 0.571 bits per heavy atom. The number of nitrogens with one attached hydrogen (secondary N) is 4. The molecule has 5 aromatic rings. The van der Waals surface area contributed by atoms with Gasteiger partial charge in [0, 0.05) is 40.8 Å². The van der Waals surface area contributed by atoms with Gasteiger partial charge in [-0.1, -0.05) is 47.5 Å². The van der Waals surface area contributed by atoms with Crippen LogP contribution < -0.4 is 30.7 Å². The third kappa shape index (κ3) is 14.1. The minimum atomic E-state index is -1.65. The molecule has 5 aromatic carbocycles. The molecule has 70 heavy (non-hydrogen) atoms. The van der Waals surface area contributed by atoms with Gasteiger partial charge in [0.25, 0.3) is 23.6 Å². The molecule has 4 amide bonds. The minimum absolute atomic E-state index is 0.00313. The van der Waals surface area contributed by atoms with Crippen LogP contribution in [-0.4, -0.2) is 60.5 Å². The predicted molar refractivity (Wildman–Crippen MR) is 274 cm³/mol. The van der Waals surface area contributed by atoms with Gasteiger partial charge in [-0.05, 0) is 113 Å². The lowest BCUT2D eigenvalue weighted by Crippen LogP contribution is -2.32. The molecule has 21 heteroatoms. The van der Waals surface area contributed by atoms with Gasteiger partial charge in [-0.3, -0.25) is 28.8 Å². The SMILES string of the molecule is CCOc1ccc(C(C)Cl)c(NC(=O)c2cccc(N=NC(C(C)=O)C(=O)Nc3ccc(NC(=O)C(N=Nc4cccc(C(=O)Nc5cc(OCC)ccc5C(C)Cl)c4Cl)C(C)=O)c(CCl)c3)c2Cl)c1. The van der Waals surface area contributed by atoms with Crippen LogP contribution in [0.2, 0.25) is 10.0 Å². The first-order chi connectivity index (χ1) is 33.4. The molecule has 4 N–H and O–H groups in total. The van der Waals surface area contributed by atoms with Crippen LogP contribution >= 0.6 is 58.0 Å². The number of ketones is 2. The topological polar surface area (TPSA) is 218 Å². The maximum absolute atomic E-state index is 13.5. The zero-order valence-corrected chi connectivity index (χ0v) is 42.3. The van der Waals surface area contributed by atoms with Crippen LogP contribution in [0.1, 0.15) is 89.7 Å². The van der Waals surface area contributed by atoms with Crippen LogP contribution in [-0.2, 0) is 25.1 Å². The smallest absolute Gasteiger partial charge is 0.258 e. The van der Waals surface area contributed by atoms with E-state index in [0.29, 0.717) is 52.8 Å². The Labute approximate surface area is 428 Å². The number of hydrogen-bond donors (Lipinski definition) is 4. The van der Waals surface area contributed by atoms with E-state index in [1.807, 2.05) is 13.8 Å². The maximum atomic E-state index is 13.5. The summed E-state index contributed by atoms with van der Waals surface area (Å²) < 4.78 is 11.2. The minimum Gasteiger partial charge on any atom is -0.494 e. The molecular weight excluding hydrogens is 1010 g/mol. The highest BCUT2D eigenvalue weighted by molar-refractivity contribution is 6.37. The molecule has 0 radical (unpaired) electrons. The van der Waals surface area contributed by atoms with Crippen molar-refractivity contribution in [3.63, 3.8) is 0 Å². The molecule has 366 valence electrons. The summed E-state index contributed by atoms with van der Waals surface area (Å²) in [5.41, 5.74) is 2.85. The monoisotopic (exact) mass is 1050 g/mol. The van der Waals surface area contributed by atoms with E-state index >= 15 is 0 Å². The van der Waals surface area contributed by atoms with Gasteiger partial charge in [0.1, 0.15) is 22.9 Å². The van der Waals surface area contributed by atoms with Crippen molar-refractivity contribution in [3.8, 4) is 11.5 Å². The first-order valence-corrected chi connectivity index (χ1v) is 23.7. The average molecular weight is 1050 g/mol. The lowest BCUT2D eigenvalue weighted by Gasteiger charge is -2.16. The molecule has 0 heterocycles. The number of amides is 4. The van der Waals surface area contributed by atoms with Crippen molar-refractivity contribution in [2.75, 3.05) is 34.5 Å². The molecule has 16 nitrogen and oxygen atoms in total. The predicted octanol–water partition coefficient (Wildman–Crippen LogP) is 13.0. The zero-order valence-electron chi connectivity index (χ0n) is 38.5. The lowest BCUT2D eigenvalue weighted by atomic mass is 10.1. The van der Waals surface area contributed by atoms with Gasteiger partial charge >= 0.3 is 0 Å². The molecule has 0 saturated heterocycles. The fourth-order valence-corrected chi connectivity index (χ4v) is 7.71. The molecule has 0 spiro atoms. The molecule has 0 bridgehead atoms. The van der Waals surface area contributed by atoms with E-state index in [1.165, 1.54) is 54.6 Å². The number of carbonyl (C=O) groups excluding carboxylic acids is 6. The summed E-state index contributed by atoms with van der Waals surface area (Å²) in [6.45, 7) is 10.3. The largest absolute Gasteiger partial charge is 0.494 e. The molecule has 4 atom stereocenters. The first kappa shape index (κ1) is 54.5. The van der Waals surface area contributed by atoms with E-state index in [1.54, 1.807) is 50.2 Å². The maximum Gasteiger partial charge on any atom is 0.258 e. The second kappa shape index (κ2) is 25.4. The van der Waals surface area contributed by atoms with Crippen LogP contribution in [0.3, 0.4) is 0 Å². The summed E-state index contributed by atoms with van der Waals surface area (Å²) in [5.74, 6) is -3.36. The quantitative estimate of drug-likeness (QED) is 0.0314. The number of hydrogen-bond acceptors (Lipinski definition) is 12. The van der Waals surface area contributed by atoms with Crippen molar-refractivity contribution in [1.82, 2.24) is 0 Å². The first-order valence-electron chi connectivity index (χ1n) is 21.5. The second-order valence-electron chi connectivity index (χ2n) is 15.2. The van der Waals surface area contributed by atoms with E-state index in [2.05, 4.69) is 41.7 Å². The average Bonchev–Trinajstić information content (AvgIpc) is 3.30. The van der Waals surface area contributed by atoms with E-state index in [9.17, 15) is 28.8 Å². The van der Waals surface area contributed by atoms with Crippen LogP contribution in [0.4, 0.5) is 34.1 Å². The summed E-state index contributed by atoms with van der Waals surface area (Å²) in [5, 5.41) is 25.8. The van der Waals surface area contributed by atoms with E-state index in [4.69, 9.17) is 67.5 Å². The van der Waals surface area contributed by atoms with Gasteiger partial charge in [0.15, 0.2) is 11.6 Å². The number of alkyl halides is 3. The molecule has 0 saturated carbocycles. The molecule has 4 unspecified atom stereocenters. The number of nitrogens with zero attached hydrogens (tertiary/aromatic N) is 4. The molecule has 5 rings (SSSR count). The number of ether oxygens (including phenoxy) is 2. The Bertz CT molecular complexity index is 2860. The summed E-state index contributed by atoms with van der Waals surface area (Å²) in [6.07, 6.45) is 0. The van der Waals surface area contributed by atoms with Crippen LogP contribution in [0.5, 0.6) is 11.5 Å². The third-order valence-electron chi connectivity index (χ3n) is 10.1. The van der Waals surface area contributed by atoms with E-state index < -0.39 is 58.0 Å². The highest BCUT2D eigenvalue weighted by Crippen LogP contribution is 2.36. The van der Waals surface area contributed by atoms with Gasteiger partial charge in [-0.15, -0.1) is 34.8 Å². The fraction of sp³-hybridized carbons (Fsp3) is 0.265. The van der Waals surface area contributed by atoms with Gasteiger partial charge in [0.05, 0.1) is 45.1 Å². The number of halogens is 5. The normalized spacial score (nSPS) is 13.0. The van der Waals surface area contributed by atoms with Crippen molar-refractivity contribution in [3.05, 3.63) is 129 Å². The van der Waals surface area contributed by atoms with E-state index in [0.717, 1.165) is 13.8 Å². The summed E-state index contributed by atoms with van der Waals surface area (Å²) in [4.78, 5) is 79.3. The number of anilines is 4. The van der Waals surface area contributed by atoms with Crippen LogP contribution in [0, 0.1) is 0 Å². The van der Waals surface area contributed by atoms with Gasteiger partial charge in [0.2, 0.25) is 12.1 Å². The number of rotatable bonds is 21. The zero-order chi connectivity index (χ0) is 51.2. The Morgan fingerprint density at radius 2 is 1.01 bits per heavy atom. The summed E-state index contributed by atoms with van der Waals surface area (Å²) >= 11 is 32.2. The van der Waals surface area contributed by atoms with Crippen molar-refractivity contribution >= 4 is 127 Å². The Balaban J connectivity index is 1.28. The molecule has 0 aliphatic rings. The highest BCUT2D eigenvalue weighted by Gasteiger charge is 2.27.